The minimum Gasteiger partial charge on any atom is -0.462 e. The van der Waals surface area contributed by atoms with Crippen LogP contribution in [0.15, 0.2) is 0 Å². The first-order valence-electron chi connectivity index (χ1n) is 54.3. The van der Waals surface area contributed by atoms with Gasteiger partial charge in [-0.15, -0.1) is 0 Å². The lowest BCUT2D eigenvalue weighted by Gasteiger charge is -2.39. The topological polar surface area (TPSA) is 394 Å². The van der Waals surface area contributed by atoms with Crippen LogP contribution >= 0.6 is 0 Å². The summed E-state index contributed by atoms with van der Waals surface area (Å²) in [5.41, 5.74) is -4.65. The SMILES string of the molecule is C.C.C.C.C.C.C.C.C.C.CCC(C)(C)C(=O)OC1C2CC3C1OC(=O)C3C2C(=O)OC1(C)CCCC1.CCC(C)(C)C(=O)OC1C2CC3C1OC(=O)C3C2C(=O)OC1(C)CCCCC1.CCC(C)(C)C(=O)OC1C2CC3C1OC(=O)C3C2C(=O)OC1(CC)CC2CCC1C2.CCC(C)(C)C(=O)OC1C2CC3C1OC(=O)C3C2C(=O)OC1CCCCC1.CCC1(OC(=O)C2C3CC4C(OC(=O)C42)C3OC(=O)C(C)(C)CC)CCCC1. The van der Waals surface area contributed by atoms with E-state index in [2.05, 4.69) is 13.8 Å². The summed E-state index contributed by atoms with van der Waals surface area (Å²) in [6, 6.07) is 0. The van der Waals surface area contributed by atoms with Crippen LogP contribution in [0.5, 0.6) is 0 Å². The van der Waals surface area contributed by atoms with E-state index >= 15 is 0 Å². The first-order chi connectivity index (χ1) is 66.1. The molecule has 0 aromatic carbocycles. The third kappa shape index (κ3) is 23.0. The lowest BCUT2D eigenvalue weighted by molar-refractivity contribution is -0.182. The average molecular weight is 2120 g/mol. The number of fused-ring (bicyclic) bond motifs is 7. The zero-order chi connectivity index (χ0) is 101. The van der Waals surface area contributed by atoms with Gasteiger partial charge in [0.2, 0.25) is 0 Å². The molecule has 5 heterocycles. The molecule has 5 aliphatic heterocycles. The highest BCUT2D eigenvalue weighted by atomic mass is 16.6. The molecule has 30 nitrogen and oxygen atoms in total. The molecule has 16 aliphatic carbocycles. The minimum atomic E-state index is -0.602. The van der Waals surface area contributed by atoms with Crippen molar-refractivity contribution in [3.63, 3.8) is 0 Å². The Kier molecular flexibility index (Phi) is 41.6. The molecular weight excluding hydrogens is 1920 g/mol. The number of carbonyl (C=O) groups excluding carboxylic acids is 15. The standard InChI is InChI=1S/C24H34O6.2C22H32O6.2C21H30O6.10CH4/c1-5-23(3,4)22(27)29-19-15-10-14-16(20(25)28-18(14)19)17(15)21(26)30-24(6-2)11-12-7-8-13(24)9-12;1-5-21(2,3)20(25)27-17-13-11-12-14(18(23)26-16(12)17)15(13)19(24)28-22(4)9-7-6-8-10-22;1-5-21(3,4)20(25)27-17-13-11-12-14(18(23)26-16(12)17)15(13)19(24)28-22(6-2)9-7-8-10-22;1-5-20(2,3)19(24)26-16-12-10-11-13(17(22)25-15(11)16)14(12)18(23)27-21(4)8-6-7-9-21;1-4-21(2,3)20(24)27-17-13-10-12-15(19(23)26-16(12)17)14(13)18(22)25-11-8-6-5-7-9-11;;;;;;;;;;/h12-19H,5-11H2,1-4H3;2*12-17H,5-11H2,1-4H3;11-16H,5-10H2,1-4H3;11-17H,4-10H2,1-3H3;10*1H4. The molecule has 0 aromatic heterocycles. The van der Waals surface area contributed by atoms with E-state index in [1.807, 2.05) is 118 Å². The third-order valence-corrected chi connectivity index (χ3v) is 39.9. The molecule has 21 rings (SSSR count). The zero-order valence-electron chi connectivity index (χ0n) is 86.3. The van der Waals surface area contributed by atoms with Gasteiger partial charge in [0.25, 0.3) is 0 Å². The van der Waals surface area contributed by atoms with Gasteiger partial charge < -0.3 is 71.1 Å². The molecule has 21 fully saturated rings. The van der Waals surface area contributed by atoms with Crippen molar-refractivity contribution in [3.05, 3.63) is 0 Å². The molecule has 0 spiro atoms. The largest absolute Gasteiger partial charge is 0.462 e. The summed E-state index contributed by atoms with van der Waals surface area (Å²) < 4.78 is 87.1. The van der Waals surface area contributed by atoms with Crippen LogP contribution in [0.3, 0.4) is 0 Å². The van der Waals surface area contributed by atoms with Crippen molar-refractivity contribution in [2.24, 2.45) is 157 Å². The van der Waals surface area contributed by atoms with Gasteiger partial charge in [-0.2, -0.15) is 0 Å². The van der Waals surface area contributed by atoms with Crippen LogP contribution in [-0.4, -0.2) is 179 Å². The van der Waals surface area contributed by atoms with E-state index in [1.165, 1.54) is 19.3 Å². The Labute approximate surface area is 898 Å². The molecule has 12 bridgehead atoms. The van der Waals surface area contributed by atoms with Gasteiger partial charge in [-0.3, -0.25) is 71.9 Å². The Morgan fingerprint density at radius 2 is 0.527 bits per heavy atom. The molecule has 33 atom stereocenters. The summed E-state index contributed by atoms with van der Waals surface area (Å²) in [7, 11) is 0. The maximum atomic E-state index is 13.5. The average Bonchev–Trinajstić information content (AvgIpc) is 1.55. The van der Waals surface area contributed by atoms with Crippen molar-refractivity contribution in [3.8, 4) is 0 Å². The third-order valence-electron chi connectivity index (χ3n) is 39.9. The molecular formula is C120H198O30. The fourth-order valence-electron chi connectivity index (χ4n) is 29.3. The van der Waals surface area contributed by atoms with E-state index in [1.54, 1.807) is 0 Å². The molecule has 21 aliphatic rings. The number of hydrogen-bond acceptors (Lipinski definition) is 30. The Morgan fingerprint density at radius 3 is 0.773 bits per heavy atom. The lowest BCUT2D eigenvalue weighted by Crippen LogP contribution is -2.48. The highest BCUT2D eigenvalue weighted by Gasteiger charge is 2.77. The minimum absolute atomic E-state index is 0. The summed E-state index contributed by atoms with van der Waals surface area (Å²) in [6.45, 7) is 36.4. The predicted molar refractivity (Wildman–Crippen MR) is 565 cm³/mol. The van der Waals surface area contributed by atoms with E-state index in [9.17, 15) is 71.9 Å². The number of esters is 15. The fraction of sp³-hybridized carbons (Fsp3) is 0.875. The van der Waals surface area contributed by atoms with Gasteiger partial charge in [0.15, 0.2) is 0 Å². The summed E-state index contributed by atoms with van der Waals surface area (Å²) in [4.78, 5) is 192. The highest BCUT2D eigenvalue weighted by molar-refractivity contribution is 5.91. The Hall–Kier alpha value is -7.95. The number of ether oxygens (including phenoxy) is 15. The molecule has 0 amide bonds. The fourth-order valence-corrected chi connectivity index (χ4v) is 29.3. The van der Waals surface area contributed by atoms with E-state index < -0.39 is 164 Å². The van der Waals surface area contributed by atoms with Gasteiger partial charge in [-0.05, 0) is 300 Å². The molecule has 16 saturated carbocycles. The molecule has 0 N–H and O–H groups in total. The van der Waals surface area contributed by atoms with Gasteiger partial charge >= 0.3 is 89.5 Å². The highest BCUT2D eigenvalue weighted by Crippen LogP contribution is 2.67. The lowest BCUT2D eigenvalue weighted by atomic mass is 9.77. The smallest absolute Gasteiger partial charge is 0.311 e. The second-order valence-electron chi connectivity index (χ2n) is 49.9. The molecule has 5 saturated heterocycles. The molecule has 858 valence electrons. The summed E-state index contributed by atoms with van der Waals surface area (Å²) >= 11 is 0. The van der Waals surface area contributed by atoms with Crippen LogP contribution < -0.4 is 0 Å². The van der Waals surface area contributed by atoms with E-state index in [0.717, 1.165) is 135 Å². The van der Waals surface area contributed by atoms with Crippen molar-refractivity contribution in [2.75, 3.05) is 0 Å². The van der Waals surface area contributed by atoms with Gasteiger partial charge in [0.1, 0.15) is 89.5 Å². The molecule has 30 heteroatoms. The van der Waals surface area contributed by atoms with Crippen LogP contribution in [0.2, 0.25) is 0 Å². The zero-order valence-corrected chi connectivity index (χ0v) is 86.3. The number of carbonyl (C=O) groups is 15. The predicted octanol–water partition coefficient (Wildman–Crippen LogP) is 22.9. The van der Waals surface area contributed by atoms with Crippen LogP contribution in [0.4, 0.5) is 0 Å². The summed E-state index contributed by atoms with van der Waals surface area (Å²) in [5, 5.41) is 0. The number of hydrogen-bond donors (Lipinski definition) is 0. The quantitative estimate of drug-likeness (QED) is 0.0544. The Morgan fingerprint density at radius 1 is 0.280 bits per heavy atom. The van der Waals surface area contributed by atoms with Crippen molar-refractivity contribution in [1.29, 1.82) is 0 Å². The van der Waals surface area contributed by atoms with Gasteiger partial charge in [-0.25, -0.2) is 0 Å². The Balaban J connectivity index is 0.000000249. The van der Waals surface area contributed by atoms with Crippen LogP contribution in [0.1, 0.15) is 424 Å². The van der Waals surface area contributed by atoms with Crippen molar-refractivity contribution in [1.82, 2.24) is 0 Å². The normalized spacial score (nSPS) is 37.1. The van der Waals surface area contributed by atoms with Crippen molar-refractivity contribution in [2.45, 2.75) is 514 Å². The van der Waals surface area contributed by atoms with Crippen LogP contribution in [0.25, 0.3) is 0 Å². The summed E-state index contributed by atoms with van der Waals surface area (Å²) in [5.74, 6) is -9.55. The number of rotatable bonds is 27. The second-order valence-corrected chi connectivity index (χ2v) is 49.9. The summed E-state index contributed by atoms with van der Waals surface area (Å²) in [6.07, 6.45) is 25.9. The maximum absolute atomic E-state index is 13.5. The van der Waals surface area contributed by atoms with E-state index in [4.69, 9.17) is 71.1 Å². The first kappa shape index (κ1) is 129. The molecule has 0 radical (unpaired) electrons. The van der Waals surface area contributed by atoms with Crippen molar-refractivity contribution >= 4 is 89.5 Å². The molecule has 33 unspecified atom stereocenters. The van der Waals surface area contributed by atoms with E-state index in [0.29, 0.717) is 76.0 Å². The molecule has 150 heavy (non-hydrogen) atoms. The van der Waals surface area contributed by atoms with Gasteiger partial charge in [0, 0.05) is 59.2 Å². The maximum Gasteiger partial charge on any atom is 0.311 e. The van der Waals surface area contributed by atoms with Crippen LogP contribution in [-0.2, 0) is 143 Å². The monoisotopic (exact) mass is 2120 g/mol. The van der Waals surface area contributed by atoms with Crippen molar-refractivity contribution < 1.29 is 143 Å². The molecule has 0 aromatic rings. The Bertz CT molecular complexity index is 4780. The van der Waals surface area contributed by atoms with Crippen LogP contribution in [0, 0.1) is 157 Å². The second kappa shape index (κ2) is 48.4. The van der Waals surface area contributed by atoms with Gasteiger partial charge in [0.05, 0.1) is 86.3 Å². The van der Waals surface area contributed by atoms with E-state index in [-0.39, 0.29) is 235 Å². The first-order valence-corrected chi connectivity index (χ1v) is 54.3. The van der Waals surface area contributed by atoms with Gasteiger partial charge in [-0.1, -0.05) is 136 Å².